The maximum Gasteiger partial charge on any atom is 0.293 e. The molecule has 36 heavy (non-hydrogen) atoms. The Morgan fingerprint density at radius 1 is 0.972 bits per heavy atom. The van der Waals surface area contributed by atoms with Crippen LogP contribution in [0, 0.1) is 17.3 Å². The smallest absolute Gasteiger partial charge is 0.293 e. The van der Waals surface area contributed by atoms with Crippen LogP contribution in [0.1, 0.15) is 18.4 Å². The quantitative estimate of drug-likeness (QED) is 0.615. The number of rotatable bonds is 4. The van der Waals surface area contributed by atoms with Crippen molar-refractivity contribution in [1.29, 1.82) is 0 Å². The number of ether oxygens (including phenoxy) is 3. The van der Waals surface area contributed by atoms with Gasteiger partial charge in [0.1, 0.15) is 5.75 Å². The fraction of sp³-hybridized carbons (Fsp3) is 0.483. The van der Waals surface area contributed by atoms with E-state index in [2.05, 4.69) is 34.1 Å². The molecule has 0 N–H and O–H groups in total. The molecule has 2 aromatic carbocycles. The third-order valence-corrected chi connectivity index (χ3v) is 8.98. The van der Waals surface area contributed by atoms with E-state index in [-0.39, 0.29) is 11.3 Å². The van der Waals surface area contributed by atoms with Crippen molar-refractivity contribution in [2.24, 2.45) is 17.3 Å². The Bertz CT molecular complexity index is 1180. The molecule has 3 heterocycles. The fourth-order valence-electron chi connectivity index (χ4n) is 6.91. The van der Waals surface area contributed by atoms with Crippen LogP contribution in [0.4, 0.5) is 11.4 Å². The highest BCUT2D eigenvalue weighted by Crippen LogP contribution is 2.57. The summed E-state index contributed by atoms with van der Waals surface area (Å²) in [5.41, 5.74) is 2.97. The molecule has 7 heteroatoms. The van der Waals surface area contributed by atoms with E-state index in [0.29, 0.717) is 31.7 Å². The number of benzene rings is 2. The third kappa shape index (κ3) is 3.33. The molecule has 1 amide bonds. The summed E-state index contributed by atoms with van der Waals surface area (Å²) >= 11 is 0. The maximum absolute atomic E-state index is 13.9. The summed E-state index contributed by atoms with van der Waals surface area (Å²) in [5, 5.41) is 0. The normalized spacial score (nSPS) is 33.2. The highest BCUT2D eigenvalue weighted by atomic mass is 16.7. The van der Waals surface area contributed by atoms with Gasteiger partial charge in [0.2, 0.25) is 0 Å². The van der Waals surface area contributed by atoms with E-state index in [1.807, 2.05) is 41.3 Å². The van der Waals surface area contributed by atoms with Gasteiger partial charge in [0, 0.05) is 42.8 Å². The van der Waals surface area contributed by atoms with Gasteiger partial charge in [-0.3, -0.25) is 14.6 Å². The van der Waals surface area contributed by atoms with Gasteiger partial charge in [-0.25, -0.2) is 0 Å². The molecular weight excluding hydrogens is 454 g/mol. The Balaban J connectivity index is 1.05. The Hall–Kier alpha value is -2.87. The monoisotopic (exact) mass is 487 g/mol. The molecule has 3 aliphatic heterocycles. The summed E-state index contributed by atoms with van der Waals surface area (Å²) in [4.78, 5) is 20.5. The van der Waals surface area contributed by atoms with Gasteiger partial charge in [-0.2, -0.15) is 0 Å². The van der Waals surface area contributed by atoms with Gasteiger partial charge < -0.3 is 19.1 Å². The van der Waals surface area contributed by atoms with Crippen molar-refractivity contribution >= 4 is 17.3 Å². The van der Waals surface area contributed by atoms with Crippen LogP contribution in [-0.2, 0) is 20.1 Å². The van der Waals surface area contributed by atoms with Crippen LogP contribution >= 0.6 is 0 Å². The topological polar surface area (TPSA) is 54.5 Å². The van der Waals surface area contributed by atoms with Crippen molar-refractivity contribution in [2.75, 3.05) is 63.0 Å². The second-order valence-electron chi connectivity index (χ2n) is 10.9. The van der Waals surface area contributed by atoms with Gasteiger partial charge >= 0.3 is 0 Å². The molecule has 0 unspecified atom stereocenters. The van der Waals surface area contributed by atoms with Gasteiger partial charge in [0.05, 0.1) is 32.7 Å². The van der Waals surface area contributed by atoms with Crippen molar-refractivity contribution in [3.63, 3.8) is 0 Å². The zero-order chi connectivity index (χ0) is 24.3. The molecule has 2 spiro atoms. The van der Waals surface area contributed by atoms with Crippen LogP contribution in [-0.4, -0.2) is 64.0 Å². The number of amides is 1. The lowest BCUT2D eigenvalue weighted by Gasteiger charge is -2.45. The molecule has 0 aromatic heterocycles. The lowest BCUT2D eigenvalue weighted by molar-refractivity contribution is -0.295. The number of methoxy groups -OCH3 is 1. The van der Waals surface area contributed by atoms with Gasteiger partial charge in [-0.1, -0.05) is 30.4 Å². The summed E-state index contributed by atoms with van der Waals surface area (Å²) < 4.78 is 18.3. The number of allylic oxidation sites excluding steroid dienone is 2. The van der Waals surface area contributed by atoms with E-state index in [1.54, 1.807) is 7.11 Å². The largest absolute Gasteiger partial charge is 0.497 e. The zero-order valence-electron chi connectivity index (χ0n) is 20.8. The molecule has 0 radical (unpaired) electrons. The van der Waals surface area contributed by atoms with E-state index in [0.717, 1.165) is 49.6 Å². The first kappa shape index (κ1) is 22.3. The summed E-state index contributed by atoms with van der Waals surface area (Å²) in [6, 6.07) is 16.2. The van der Waals surface area contributed by atoms with Gasteiger partial charge in [-0.05, 0) is 55.0 Å². The Morgan fingerprint density at radius 2 is 1.72 bits per heavy atom. The minimum absolute atomic E-state index is 0.0189. The summed E-state index contributed by atoms with van der Waals surface area (Å²) in [6.07, 6.45) is 6.97. The second-order valence-corrected chi connectivity index (χ2v) is 10.9. The van der Waals surface area contributed by atoms with Crippen molar-refractivity contribution in [1.82, 2.24) is 4.90 Å². The SMILES string of the molecule is COc1ccc(N2CCN(CN3C(=O)C4(OCC5(CO4)C[C@H]4C=C[C@@H]5C4)c4ccccc43)CC2)cc1. The van der Waals surface area contributed by atoms with Gasteiger partial charge in [-0.15, -0.1) is 0 Å². The summed E-state index contributed by atoms with van der Waals surface area (Å²) in [6.45, 7) is 5.27. The minimum atomic E-state index is -1.31. The number of para-hydroxylation sites is 1. The molecule has 2 bridgehead atoms. The molecule has 2 aromatic rings. The van der Waals surface area contributed by atoms with Crippen LogP contribution < -0.4 is 14.5 Å². The molecule has 3 fully saturated rings. The van der Waals surface area contributed by atoms with Crippen LogP contribution in [0.2, 0.25) is 0 Å². The number of carbonyl (C=O) groups is 1. The molecule has 2 atom stereocenters. The second kappa shape index (κ2) is 8.33. The molecule has 7 rings (SSSR count). The minimum Gasteiger partial charge on any atom is -0.497 e. The number of hydrogen-bond acceptors (Lipinski definition) is 6. The van der Waals surface area contributed by atoms with E-state index in [1.165, 1.54) is 12.1 Å². The van der Waals surface area contributed by atoms with Crippen molar-refractivity contribution < 1.29 is 19.0 Å². The summed E-state index contributed by atoms with van der Waals surface area (Å²) in [7, 11) is 1.69. The van der Waals surface area contributed by atoms with E-state index in [4.69, 9.17) is 14.2 Å². The van der Waals surface area contributed by atoms with Crippen LogP contribution in [0.25, 0.3) is 0 Å². The molecule has 7 nitrogen and oxygen atoms in total. The first-order valence-corrected chi connectivity index (χ1v) is 13.1. The molecule has 1 saturated carbocycles. The number of piperazine rings is 1. The number of fused-ring (bicyclic) bond motifs is 5. The van der Waals surface area contributed by atoms with E-state index >= 15 is 0 Å². The Kier molecular flexibility index (Phi) is 5.17. The molecule has 2 aliphatic carbocycles. The Morgan fingerprint density at radius 3 is 2.39 bits per heavy atom. The standard InChI is InChI=1S/C29H33N3O4/c1-34-24-10-8-23(9-11-24)31-14-12-30(13-15-31)20-32-26-5-3-2-4-25(26)29(27(32)33)35-18-28(19-36-29)17-21-6-7-22(28)16-21/h2-11,21-22H,12-20H2,1H3/t21-,22+,28?,29?/m0/s1. The van der Waals surface area contributed by atoms with Gasteiger partial charge in [0.15, 0.2) is 0 Å². The van der Waals surface area contributed by atoms with Crippen molar-refractivity contribution in [2.45, 2.75) is 18.6 Å². The summed E-state index contributed by atoms with van der Waals surface area (Å²) in [5.74, 6) is 0.612. The maximum atomic E-state index is 13.9. The van der Waals surface area contributed by atoms with Crippen LogP contribution in [0.3, 0.4) is 0 Å². The average molecular weight is 488 g/mol. The van der Waals surface area contributed by atoms with E-state index in [9.17, 15) is 4.79 Å². The number of nitrogens with zero attached hydrogens (tertiary/aromatic N) is 3. The number of hydrogen-bond donors (Lipinski definition) is 0. The zero-order valence-corrected chi connectivity index (χ0v) is 20.8. The number of carbonyl (C=O) groups excluding carboxylic acids is 1. The predicted octanol–water partition coefficient (Wildman–Crippen LogP) is 3.60. The highest BCUT2D eigenvalue weighted by molar-refractivity contribution is 6.06. The number of anilines is 2. The lowest BCUT2D eigenvalue weighted by atomic mass is 9.76. The van der Waals surface area contributed by atoms with Crippen LogP contribution in [0.15, 0.2) is 60.7 Å². The fourth-order valence-corrected chi connectivity index (χ4v) is 6.91. The highest BCUT2D eigenvalue weighted by Gasteiger charge is 2.61. The Labute approximate surface area is 212 Å². The van der Waals surface area contributed by atoms with E-state index < -0.39 is 5.79 Å². The third-order valence-electron chi connectivity index (χ3n) is 8.98. The predicted molar refractivity (Wildman–Crippen MR) is 137 cm³/mol. The first-order valence-electron chi connectivity index (χ1n) is 13.1. The molecular formula is C29H33N3O4. The molecule has 2 saturated heterocycles. The first-order chi connectivity index (χ1) is 17.6. The lowest BCUT2D eigenvalue weighted by Crippen LogP contribution is -2.56. The molecule has 5 aliphatic rings. The average Bonchev–Trinajstić information content (AvgIpc) is 3.59. The van der Waals surface area contributed by atoms with Gasteiger partial charge in [0.25, 0.3) is 11.7 Å². The van der Waals surface area contributed by atoms with Crippen molar-refractivity contribution in [3.05, 3.63) is 66.2 Å². The van der Waals surface area contributed by atoms with Crippen LogP contribution in [0.5, 0.6) is 5.75 Å². The molecule has 188 valence electrons. The van der Waals surface area contributed by atoms with Crippen molar-refractivity contribution in [3.8, 4) is 5.75 Å².